The minimum atomic E-state index is -0.281. The van der Waals surface area contributed by atoms with Crippen LogP contribution in [0.3, 0.4) is 0 Å². The molecule has 4 aromatic rings. The van der Waals surface area contributed by atoms with Gasteiger partial charge in [-0.3, -0.25) is 0 Å². The molecule has 0 amide bonds. The molecule has 2 N–H and O–H groups in total. The molecule has 0 bridgehead atoms. The van der Waals surface area contributed by atoms with Crippen LogP contribution in [0.15, 0.2) is 66.7 Å². The Labute approximate surface area is 181 Å². The number of hydrogen-bond donors (Lipinski definition) is 2. The van der Waals surface area contributed by atoms with Crippen molar-refractivity contribution in [3.05, 3.63) is 93.2 Å². The maximum Gasteiger partial charge on any atom is 0.210 e. The number of nitrogens with one attached hydrogen (secondary N) is 2. The van der Waals surface area contributed by atoms with E-state index in [4.69, 9.17) is 23.2 Å². The molecule has 0 atom stereocenters. The lowest BCUT2D eigenvalue weighted by Gasteiger charge is -2.13. The van der Waals surface area contributed by atoms with E-state index in [1.54, 1.807) is 30.3 Å². The maximum atomic E-state index is 13.0. The summed E-state index contributed by atoms with van der Waals surface area (Å²) in [4.78, 5) is 0. The number of para-hydroxylation sites is 2. The summed E-state index contributed by atoms with van der Waals surface area (Å²) in [7, 11) is 0. The maximum absolute atomic E-state index is 13.0. The van der Waals surface area contributed by atoms with Crippen molar-refractivity contribution in [2.24, 2.45) is 0 Å². The molecule has 0 aliphatic heterocycles. The van der Waals surface area contributed by atoms with E-state index in [1.807, 2.05) is 24.3 Å². The molecule has 8 heteroatoms. The third kappa shape index (κ3) is 4.85. The Morgan fingerprint density at radius 1 is 0.828 bits per heavy atom. The van der Waals surface area contributed by atoms with Crippen molar-refractivity contribution in [2.45, 2.75) is 6.42 Å². The molecule has 0 fully saturated rings. The molecule has 1 heterocycles. The quantitative estimate of drug-likeness (QED) is 0.334. The fourth-order valence-electron chi connectivity index (χ4n) is 2.74. The molecular weight excluding hydrogens is 430 g/mol. The van der Waals surface area contributed by atoms with E-state index < -0.39 is 0 Å². The second kappa shape index (κ2) is 8.78. The van der Waals surface area contributed by atoms with E-state index in [2.05, 4.69) is 20.8 Å². The molecule has 0 spiro atoms. The average Bonchev–Trinajstić information content (AvgIpc) is 3.15. The zero-order chi connectivity index (χ0) is 20.2. The standard InChI is InChI=1S/C21H15Cl2FN4S/c22-16-5-3-6-17(23)20(16)26-18-7-2-1-4-13(18)12-19-27-28-21(29-19)25-15-10-8-14(24)9-11-15/h1-11,26H,12H2,(H,25,28). The van der Waals surface area contributed by atoms with Gasteiger partial charge in [-0.15, -0.1) is 10.2 Å². The molecule has 3 aromatic carbocycles. The molecule has 0 aliphatic rings. The highest BCUT2D eigenvalue weighted by molar-refractivity contribution is 7.15. The molecule has 146 valence electrons. The van der Waals surface area contributed by atoms with Gasteiger partial charge < -0.3 is 10.6 Å². The van der Waals surface area contributed by atoms with Crippen LogP contribution in [0.1, 0.15) is 10.6 Å². The smallest absolute Gasteiger partial charge is 0.210 e. The molecule has 4 nitrogen and oxygen atoms in total. The van der Waals surface area contributed by atoms with Gasteiger partial charge >= 0.3 is 0 Å². The van der Waals surface area contributed by atoms with Crippen LogP contribution < -0.4 is 10.6 Å². The zero-order valence-corrected chi connectivity index (χ0v) is 17.3. The van der Waals surface area contributed by atoms with E-state index in [0.717, 1.165) is 21.9 Å². The Kier molecular flexibility index (Phi) is 5.94. The van der Waals surface area contributed by atoms with E-state index in [-0.39, 0.29) is 5.82 Å². The van der Waals surface area contributed by atoms with Crippen molar-refractivity contribution in [3.63, 3.8) is 0 Å². The lowest BCUT2D eigenvalue weighted by Crippen LogP contribution is -1.98. The van der Waals surface area contributed by atoms with Gasteiger partial charge in [0.15, 0.2) is 0 Å². The number of nitrogens with zero attached hydrogens (tertiary/aromatic N) is 2. The number of benzene rings is 3. The van der Waals surface area contributed by atoms with Crippen LogP contribution in [0, 0.1) is 5.82 Å². The summed E-state index contributed by atoms with van der Waals surface area (Å²) in [5, 5.41) is 17.5. The Bertz CT molecular complexity index is 1110. The molecule has 29 heavy (non-hydrogen) atoms. The monoisotopic (exact) mass is 444 g/mol. The molecule has 0 saturated carbocycles. The molecule has 1 aromatic heterocycles. The van der Waals surface area contributed by atoms with Crippen LogP contribution in [-0.4, -0.2) is 10.2 Å². The lowest BCUT2D eigenvalue weighted by molar-refractivity contribution is 0.628. The third-order valence-electron chi connectivity index (χ3n) is 4.14. The van der Waals surface area contributed by atoms with Gasteiger partial charge in [0.25, 0.3) is 0 Å². The highest BCUT2D eigenvalue weighted by atomic mass is 35.5. The summed E-state index contributed by atoms with van der Waals surface area (Å²) < 4.78 is 13.0. The number of anilines is 4. The van der Waals surface area contributed by atoms with Crippen LogP contribution in [0.4, 0.5) is 26.6 Å². The highest BCUT2D eigenvalue weighted by Crippen LogP contribution is 2.34. The predicted octanol–water partition coefficient (Wildman–Crippen LogP) is 7.06. The van der Waals surface area contributed by atoms with Gasteiger partial charge in [-0.25, -0.2) is 4.39 Å². The topological polar surface area (TPSA) is 49.8 Å². The summed E-state index contributed by atoms with van der Waals surface area (Å²) >= 11 is 14.0. The fraction of sp³-hybridized carbons (Fsp3) is 0.0476. The van der Waals surface area contributed by atoms with Gasteiger partial charge in [-0.1, -0.05) is 58.8 Å². The minimum Gasteiger partial charge on any atom is -0.353 e. The molecule has 0 saturated heterocycles. The molecular formula is C21H15Cl2FN4S. The average molecular weight is 445 g/mol. The Morgan fingerprint density at radius 3 is 2.31 bits per heavy atom. The van der Waals surface area contributed by atoms with Crippen molar-refractivity contribution < 1.29 is 4.39 Å². The van der Waals surface area contributed by atoms with E-state index in [9.17, 15) is 4.39 Å². The predicted molar refractivity (Wildman–Crippen MR) is 119 cm³/mol. The van der Waals surface area contributed by atoms with Crippen molar-refractivity contribution in [3.8, 4) is 0 Å². The van der Waals surface area contributed by atoms with E-state index in [1.165, 1.54) is 23.5 Å². The first-order valence-electron chi connectivity index (χ1n) is 8.72. The molecule has 0 unspecified atom stereocenters. The fourth-order valence-corrected chi connectivity index (χ4v) is 4.02. The van der Waals surface area contributed by atoms with Crippen LogP contribution in [0.25, 0.3) is 0 Å². The first-order valence-corrected chi connectivity index (χ1v) is 10.3. The van der Waals surface area contributed by atoms with Gasteiger partial charge in [0.05, 0.1) is 15.7 Å². The summed E-state index contributed by atoms with van der Waals surface area (Å²) in [6.45, 7) is 0. The third-order valence-corrected chi connectivity index (χ3v) is 5.61. The largest absolute Gasteiger partial charge is 0.353 e. The Hall–Kier alpha value is -2.67. The normalized spacial score (nSPS) is 10.7. The summed E-state index contributed by atoms with van der Waals surface area (Å²) in [5.41, 5.74) is 3.35. The summed E-state index contributed by atoms with van der Waals surface area (Å²) in [6, 6.07) is 19.4. The van der Waals surface area contributed by atoms with Crippen molar-refractivity contribution in [2.75, 3.05) is 10.6 Å². The zero-order valence-electron chi connectivity index (χ0n) is 15.0. The van der Waals surface area contributed by atoms with Gasteiger partial charge in [-0.05, 0) is 48.0 Å². The number of rotatable bonds is 6. The van der Waals surface area contributed by atoms with Gasteiger partial charge in [-0.2, -0.15) is 0 Å². The summed E-state index contributed by atoms with van der Waals surface area (Å²) in [6.07, 6.45) is 0.591. The second-order valence-corrected chi connectivity index (χ2v) is 8.06. The van der Waals surface area contributed by atoms with Crippen LogP contribution in [-0.2, 0) is 6.42 Å². The van der Waals surface area contributed by atoms with Gasteiger partial charge in [0.2, 0.25) is 5.13 Å². The minimum absolute atomic E-state index is 0.281. The van der Waals surface area contributed by atoms with Crippen LogP contribution in [0.5, 0.6) is 0 Å². The van der Waals surface area contributed by atoms with Gasteiger partial charge in [0, 0.05) is 17.8 Å². The SMILES string of the molecule is Fc1ccc(Nc2nnc(Cc3ccccc3Nc3c(Cl)cccc3Cl)s2)cc1. The molecule has 0 radical (unpaired) electrons. The number of halogens is 3. The first kappa shape index (κ1) is 19.6. The Morgan fingerprint density at radius 2 is 1.55 bits per heavy atom. The van der Waals surface area contributed by atoms with E-state index in [0.29, 0.717) is 27.3 Å². The lowest BCUT2D eigenvalue weighted by atomic mass is 10.1. The highest BCUT2D eigenvalue weighted by Gasteiger charge is 2.11. The van der Waals surface area contributed by atoms with Crippen LogP contribution in [0.2, 0.25) is 10.0 Å². The van der Waals surface area contributed by atoms with Crippen molar-refractivity contribution >= 4 is 56.7 Å². The first-order chi connectivity index (χ1) is 14.1. The van der Waals surface area contributed by atoms with Gasteiger partial charge in [0.1, 0.15) is 10.8 Å². The Balaban J connectivity index is 1.52. The molecule has 4 rings (SSSR count). The van der Waals surface area contributed by atoms with E-state index >= 15 is 0 Å². The summed E-state index contributed by atoms with van der Waals surface area (Å²) in [5.74, 6) is -0.281. The number of aromatic nitrogens is 2. The number of hydrogen-bond acceptors (Lipinski definition) is 5. The van der Waals surface area contributed by atoms with Crippen LogP contribution >= 0.6 is 34.5 Å². The van der Waals surface area contributed by atoms with Crippen molar-refractivity contribution in [1.29, 1.82) is 0 Å². The second-order valence-electron chi connectivity index (χ2n) is 6.19. The van der Waals surface area contributed by atoms with Crippen molar-refractivity contribution in [1.82, 2.24) is 10.2 Å². The molecule has 0 aliphatic carbocycles.